The first kappa shape index (κ1) is 31.8. The largest absolute Gasteiger partial charge is 0.396 e. The van der Waals surface area contributed by atoms with Crippen LogP contribution in [0.1, 0.15) is 78.6 Å². The lowest BCUT2D eigenvalue weighted by molar-refractivity contribution is -0.144. The number of hydrogen-bond acceptors (Lipinski definition) is 7. The van der Waals surface area contributed by atoms with Gasteiger partial charge in [0.1, 0.15) is 17.8 Å². The highest BCUT2D eigenvalue weighted by atomic mass is 31.2. The second-order valence-electron chi connectivity index (χ2n) is 12.3. The van der Waals surface area contributed by atoms with Gasteiger partial charge in [-0.2, -0.15) is 0 Å². The number of aromatic nitrogens is 1. The minimum absolute atomic E-state index is 0.100. The van der Waals surface area contributed by atoms with Gasteiger partial charge in [0.2, 0.25) is 17.7 Å². The predicted molar refractivity (Wildman–Crippen MR) is 159 cm³/mol. The molecule has 2 aromatic rings. The molecule has 0 bridgehead atoms. The van der Waals surface area contributed by atoms with Crippen LogP contribution in [0.2, 0.25) is 0 Å². The highest BCUT2D eigenvalue weighted by Crippen LogP contribution is 2.39. The number of carbonyl (C=O) groups is 5. The summed E-state index contributed by atoms with van der Waals surface area (Å²) in [5, 5.41) is 6.40. The smallest absolute Gasteiger partial charge is 0.370 e. The van der Waals surface area contributed by atoms with E-state index in [0.29, 0.717) is 43.1 Å². The van der Waals surface area contributed by atoms with Gasteiger partial charge < -0.3 is 40.9 Å². The first-order valence-corrected chi connectivity index (χ1v) is 16.5. The summed E-state index contributed by atoms with van der Waals surface area (Å²) in [6.45, 7) is 0.895. The van der Waals surface area contributed by atoms with Gasteiger partial charge in [0.15, 0.2) is 0 Å². The van der Waals surface area contributed by atoms with Crippen molar-refractivity contribution in [1.29, 1.82) is 0 Å². The molecule has 44 heavy (non-hydrogen) atoms. The minimum Gasteiger partial charge on any atom is -0.370 e. The molecule has 14 nitrogen and oxygen atoms in total. The lowest BCUT2D eigenvalue weighted by Crippen LogP contribution is -2.61. The quantitative estimate of drug-likeness (QED) is 0.217. The summed E-state index contributed by atoms with van der Waals surface area (Å²) in [7, 11) is -3.11. The van der Waals surface area contributed by atoms with Crippen LogP contribution >= 0.6 is 7.60 Å². The van der Waals surface area contributed by atoms with Crippen LogP contribution in [0.25, 0.3) is 10.9 Å². The zero-order chi connectivity index (χ0) is 31.8. The van der Waals surface area contributed by atoms with Crippen molar-refractivity contribution < 1.29 is 38.3 Å². The first-order chi connectivity index (χ1) is 20.8. The van der Waals surface area contributed by atoms with E-state index in [1.54, 1.807) is 4.90 Å². The zero-order valence-corrected chi connectivity index (χ0v) is 25.5. The number of rotatable bonds is 9. The molecule has 1 aromatic carbocycles. The number of aromatic amines is 1. The van der Waals surface area contributed by atoms with Gasteiger partial charge in [0.25, 0.3) is 11.4 Å². The summed E-state index contributed by atoms with van der Waals surface area (Å²) in [4.78, 5) is 89.6. The third-order valence-corrected chi connectivity index (χ3v) is 9.96. The summed E-state index contributed by atoms with van der Waals surface area (Å²) >= 11 is 0. The second kappa shape index (κ2) is 12.4. The highest BCUT2D eigenvalue weighted by molar-refractivity contribution is 7.70. The number of nitrogens with two attached hydrogens (primary N) is 1. The molecule has 1 aliphatic carbocycles. The van der Waals surface area contributed by atoms with E-state index in [2.05, 4.69) is 15.6 Å². The molecular weight excluding hydrogens is 591 g/mol. The lowest BCUT2D eigenvalue weighted by Gasteiger charge is -2.39. The van der Waals surface area contributed by atoms with Gasteiger partial charge in [-0.3, -0.25) is 28.5 Å². The Morgan fingerprint density at radius 1 is 1.11 bits per heavy atom. The van der Waals surface area contributed by atoms with Crippen LogP contribution in [0, 0.1) is 0 Å². The van der Waals surface area contributed by atoms with Crippen molar-refractivity contribution in [2.75, 3.05) is 20.1 Å². The van der Waals surface area contributed by atoms with Crippen LogP contribution < -0.4 is 16.4 Å². The number of H-pyrrole nitrogens is 1. The van der Waals surface area contributed by atoms with Crippen LogP contribution in [0.3, 0.4) is 0 Å². The number of fused-ring (bicyclic) bond motifs is 2. The van der Waals surface area contributed by atoms with Gasteiger partial charge in [-0.1, -0.05) is 12.8 Å². The van der Waals surface area contributed by atoms with Gasteiger partial charge >= 0.3 is 7.60 Å². The number of amides is 4. The summed E-state index contributed by atoms with van der Waals surface area (Å²) in [6.07, 6.45) is 5.84. The number of nitrogens with zero attached hydrogens (tertiary/aromatic N) is 2. The van der Waals surface area contributed by atoms with E-state index in [1.165, 1.54) is 24.3 Å². The van der Waals surface area contributed by atoms with Crippen molar-refractivity contribution in [2.45, 2.75) is 81.5 Å². The Labute approximate surface area is 254 Å². The van der Waals surface area contributed by atoms with E-state index in [9.17, 15) is 38.3 Å². The molecule has 1 saturated carbocycles. The van der Waals surface area contributed by atoms with Crippen LogP contribution in [-0.2, 0) is 18.9 Å². The molecule has 238 valence electrons. The van der Waals surface area contributed by atoms with E-state index in [-0.39, 0.29) is 42.1 Å². The third kappa shape index (κ3) is 6.73. The predicted octanol–water partition coefficient (Wildman–Crippen LogP) is 0.974. The zero-order valence-electron chi connectivity index (χ0n) is 24.6. The maximum Gasteiger partial charge on any atom is 0.396 e. The maximum atomic E-state index is 14.0. The summed E-state index contributed by atoms with van der Waals surface area (Å²) < 4.78 is 11.4. The fraction of sp³-hybridized carbons (Fsp3) is 0.552. The third-order valence-electron chi connectivity index (χ3n) is 9.18. The molecular formula is C29H39N6O8P. The topological polar surface area (TPSA) is 215 Å². The van der Waals surface area contributed by atoms with Crippen molar-refractivity contribution in [3.05, 3.63) is 35.5 Å². The van der Waals surface area contributed by atoms with Crippen LogP contribution in [0.5, 0.6) is 0 Å². The molecule has 0 spiro atoms. The van der Waals surface area contributed by atoms with Gasteiger partial charge in [-0.25, -0.2) is 0 Å². The van der Waals surface area contributed by atoms with E-state index < -0.39 is 42.6 Å². The molecule has 0 radical (unpaired) electrons. The number of benzene rings is 1. The Kier molecular flexibility index (Phi) is 8.99. The molecule has 5 rings (SSSR count). The lowest BCUT2D eigenvalue weighted by atomic mass is 9.90. The molecule has 0 unspecified atom stereocenters. The van der Waals surface area contributed by atoms with Gasteiger partial charge in [0, 0.05) is 41.0 Å². The van der Waals surface area contributed by atoms with Crippen molar-refractivity contribution in [2.24, 2.45) is 5.73 Å². The maximum absolute atomic E-state index is 14.0. The van der Waals surface area contributed by atoms with Crippen LogP contribution in [-0.4, -0.2) is 97.5 Å². The fourth-order valence-corrected chi connectivity index (χ4v) is 7.36. The van der Waals surface area contributed by atoms with Gasteiger partial charge in [0.05, 0.1) is 0 Å². The molecule has 1 aromatic heterocycles. The SMILES string of the molecule is CN1CC[C@H]2CC[C@@H](C(=O)NC3(CCC(N)=O)CCCC3)N2C(=O)[C@@H](NC(=O)c2cc3cc(C(=O)P(=O)(O)O)ccc3[nH]2)C1. The second-order valence-corrected chi connectivity index (χ2v) is 13.8. The number of likely N-dealkylation sites (N-methyl/N-ethyl adjacent to an activating group) is 1. The van der Waals surface area contributed by atoms with E-state index >= 15 is 0 Å². The molecule has 3 atom stereocenters. The van der Waals surface area contributed by atoms with E-state index in [0.717, 1.165) is 25.7 Å². The molecule has 15 heteroatoms. The highest BCUT2D eigenvalue weighted by Gasteiger charge is 2.46. The number of hydrogen-bond donors (Lipinski definition) is 6. The molecule has 4 amide bonds. The van der Waals surface area contributed by atoms with E-state index in [4.69, 9.17) is 5.73 Å². The summed E-state index contributed by atoms with van der Waals surface area (Å²) in [5.74, 6) is -1.60. The Hall–Kier alpha value is -3.58. The van der Waals surface area contributed by atoms with Gasteiger partial charge in [-0.15, -0.1) is 0 Å². The minimum atomic E-state index is -4.98. The Bertz CT molecular complexity index is 1530. The van der Waals surface area contributed by atoms with Crippen LogP contribution in [0.4, 0.5) is 0 Å². The first-order valence-electron chi connectivity index (χ1n) is 14.9. The average Bonchev–Trinajstić information content (AvgIpc) is 3.71. The molecule has 2 aliphatic heterocycles. The van der Waals surface area contributed by atoms with E-state index in [1.807, 2.05) is 11.9 Å². The Morgan fingerprint density at radius 3 is 2.52 bits per heavy atom. The van der Waals surface area contributed by atoms with Crippen molar-refractivity contribution in [1.82, 2.24) is 25.4 Å². The summed E-state index contributed by atoms with van der Waals surface area (Å²) in [6, 6.07) is 3.64. The fourth-order valence-electron chi connectivity index (χ4n) is 6.88. The normalized spacial score (nSPS) is 24.0. The number of carbonyl (C=O) groups excluding carboxylic acids is 5. The monoisotopic (exact) mass is 630 g/mol. The molecule has 3 fully saturated rings. The van der Waals surface area contributed by atoms with Crippen molar-refractivity contribution >= 4 is 47.7 Å². The molecule has 3 heterocycles. The van der Waals surface area contributed by atoms with Crippen molar-refractivity contribution in [3.8, 4) is 0 Å². The standard InChI is InChI=1S/C29H39N6O8P/c1-34-13-9-19-5-7-23(26(38)33-29(10-2-3-11-29)12-8-24(30)36)35(19)27(39)22(16-34)32-25(37)21-15-18-14-17(4-6-20(18)31-21)28(40)44(41,42)43/h4,6,14-15,19,22-23,31H,2-3,5,7-13,16H2,1H3,(H2,30,36)(H,32,37)(H,33,38)(H2,41,42,43)/t19-,22+,23+/m1/s1. The van der Waals surface area contributed by atoms with Crippen molar-refractivity contribution in [3.63, 3.8) is 0 Å². The Morgan fingerprint density at radius 2 is 1.84 bits per heavy atom. The molecule has 3 aliphatic rings. The Balaban J connectivity index is 1.34. The molecule has 2 saturated heterocycles. The number of nitrogens with one attached hydrogen (secondary N) is 3. The molecule has 7 N–H and O–H groups in total. The van der Waals surface area contributed by atoms with Gasteiger partial charge in [-0.05, 0) is 76.4 Å². The number of primary amides is 1. The van der Waals surface area contributed by atoms with Crippen LogP contribution in [0.15, 0.2) is 24.3 Å². The summed E-state index contributed by atoms with van der Waals surface area (Å²) in [5.41, 5.74) is 3.94. The average molecular weight is 631 g/mol.